The summed E-state index contributed by atoms with van der Waals surface area (Å²) in [7, 11) is 0. The molecule has 8 nitrogen and oxygen atoms in total. The number of hydrogen-bond acceptors (Lipinski definition) is 7. The first-order valence-corrected chi connectivity index (χ1v) is 10.2. The van der Waals surface area contributed by atoms with Crippen molar-refractivity contribution in [1.29, 1.82) is 0 Å². The fourth-order valence-electron chi connectivity index (χ4n) is 2.87. The summed E-state index contributed by atoms with van der Waals surface area (Å²) in [4.78, 5) is 17.1. The van der Waals surface area contributed by atoms with Crippen LogP contribution in [0.1, 0.15) is 27.8 Å². The van der Waals surface area contributed by atoms with Gasteiger partial charge in [-0.3, -0.25) is 4.79 Å². The van der Waals surface area contributed by atoms with E-state index in [4.69, 9.17) is 4.42 Å². The molecule has 9 heteroatoms. The average Bonchev–Trinajstić information content (AvgIpc) is 3.42. The van der Waals surface area contributed by atoms with E-state index in [1.54, 1.807) is 11.0 Å². The van der Waals surface area contributed by atoms with Crippen LogP contribution in [0.4, 0.5) is 5.69 Å². The fourth-order valence-corrected chi connectivity index (χ4v) is 3.77. The third-order valence-corrected chi connectivity index (χ3v) is 5.51. The summed E-state index contributed by atoms with van der Waals surface area (Å²) in [5.74, 6) is 0.237. The van der Waals surface area contributed by atoms with E-state index in [2.05, 4.69) is 25.6 Å². The predicted molar refractivity (Wildman–Crippen MR) is 113 cm³/mol. The van der Waals surface area contributed by atoms with Crippen molar-refractivity contribution in [3.05, 3.63) is 83.8 Å². The number of anilines is 1. The van der Waals surface area contributed by atoms with E-state index in [9.17, 15) is 4.79 Å². The number of aryl methyl sites for hydroxylation is 2. The normalized spacial score (nSPS) is 11.9. The Morgan fingerprint density at radius 1 is 1.17 bits per heavy atom. The number of thioether (sulfide) groups is 1. The number of rotatable bonds is 7. The molecule has 0 fully saturated rings. The highest BCUT2D eigenvalue weighted by Gasteiger charge is 2.25. The van der Waals surface area contributed by atoms with Gasteiger partial charge in [0.05, 0.1) is 0 Å². The minimum absolute atomic E-state index is 0.157. The van der Waals surface area contributed by atoms with Crippen LogP contribution in [-0.2, 0) is 11.3 Å². The monoisotopic (exact) mass is 420 g/mol. The van der Waals surface area contributed by atoms with Crippen molar-refractivity contribution >= 4 is 23.4 Å². The quantitative estimate of drug-likeness (QED) is 0.454. The summed E-state index contributed by atoms with van der Waals surface area (Å²) in [5, 5.41) is 15.0. The Morgan fingerprint density at radius 3 is 2.77 bits per heavy atom. The van der Waals surface area contributed by atoms with Gasteiger partial charge >= 0.3 is 0 Å². The molecule has 0 aliphatic heterocycles. The molecule has 1 amide bonds. The molecule has 2 heterocycles. The van der Waals surface area contributed by atoms with Gasteiger partial charge in [-0.1, -0.05) is 42.5 Å². The van der Waals surface area contributed by atoms with Gasteiger partial charge < -0.3 is 9.73 Å². The Bertz CT molecular complexity index is 1130. The van der Waals surface area contributed by atoms with E-state index in [1.807, 2.05) is 62.4 Å². The molecule has 2 aromatic heterocycles. The Balaban J connectivity index is 1.55. The molecular formula is C21H20N6O2S. The molecule has 0 spiro atoms. The Morgan fingerprint density at radius 2 is 2.00 bits per heavy atom. The molecular weight excluding hydrogens is 400 g/mol. The molecule has 4 aromatic rings. The third-order valence-electron chi connectivity index (χ3n) is 4.42. The van der Waals surface area contributed by atoms with Crippen molar-refractivity contribution in [2.45, 2.75) is 30.9 Å². The zero-order chi connectivity index (χ0) is 20.9. The van der Waals surface area contributed by atoms with Gasteiger partial charge in [-0.2, -0.15) is 5.10 Å². The van der Waals surface area contributed by atoms with Gasteiger partial charge in [0.1, 0.15) is 24.4 Å². The smallest absolute Gasteiger partial charge is 0.277 e. The lowest BCUT2D eigenvalue weighted by molar-refractivity contribution is -0.115. The van der Waals surface area contributed by atoms with Crippen molar-refractivity contribution in [3.63, 3.8) is 0 Å². The summed E-state index contributed by atoms with van der Waals surface area (Å²) in [6, 6.07) is 15.5. The van der Waals surface area contributed by atoms with E-state index < -0.39 is 5.25 Å². The molecule has 0 radical (unpaired) electrons. The van der Waals surface area contributed by atoms with Gasteiger partial charge in [0.15, 0.2) is 0 Å². The van der Waals surface area contributed by atoms with Crippen molar-refractivity contribution in [1.82, 2.24) is 25.0 Å². The van der Waals surface area contributed by atoms with Gasteiger partial charge in [0.2, 0.25) is 11.8 Å². The number of carbonyl (C=O) groups excluding carboxylic acids is 1. The van der Waals surface area contributed by atoms with Crippen molar-refractivity contribution < 1.29 is 9.21 Å². The number of hydrogen-bond donors (Lipinski definition) is 1. The number of nitrogens with zero attached hydrogens (tertiary/aromatic N) is 5. The van der Waals surface area contributed by atoms with E-state index >= 15 is 0 Å². The minimum atomic E-state index is -0.550. The molecule has 1 atom stereocenters. The second-order valence-corrected chi connectivity index (χ2v) is 7.83. The molecule has 152 valence electrons. The first-order chi connectivity index (χ1) is 14.6. The fraction of sp³-hybridized carbons (Fsp3) is 0.190. The molecule has 30 heavy (non-hydrogen) atoms. The van der Waals surface area contributed by atoms with Crippen LogP contribution in [0, 0.1) is 13.8 Å². The molecule has 0 saturated carbocycles. The van der Waals surface area contributed by atoms with Crippen LogP contribution in [-0.4, -0.2) is 30.9 Å². The van der Waals surface area contributed by atoms with Gasteiger partial charge in [0, 0.05) is 5.69 Å². The Hall–Kier alpha value is -3.46. The number of benzene rings is 2. The van der Waals surface area contributed by atoms with Crippen LogP contribution < -0.4 is 5.32 Å². The molecule has 1 unspecified atom stereocenters. The summed E-state index contributed by atoms with van der Waals surface area (Å²) in [5.41, 5.74) is 3.72. The first kappa shape index (κ1) is 19.8. The largest absolute Gasteiger partial charge is 0.414 e. The van der Waals surface area contributed by atoms with Gasteiger partial charge in [0.25, 0.3) is 5.22 Å². The van der Waals surface area contributed by atoms with E-state index in [0.29, 0.717) is 17.7 Å². The van der Waals surface area contributed by atoms with E-state index in [0.717, 1.165) is 22.4 Å². The number of carbonyl (C=O) groups is 1. The molecule has 0 saturated heterocycles. The van der Waals surface area contributed by atoms with Crippen molar-refractivity contribution in [2.75, 3.05) is 5.32 Å². The maximum absolute atomic E-state index is 13.2. The average molecular weight is 420 g/mol. The lowest BCUT2D eigenvalue weighted by atomic mass is 10.1. The molecule has 1 N–H and O–H groups in total. The SMILES string of the molecule is Cc1ccc(C)c(NC(=O)C(Sc2nnc(Cn3cncn3)o2)c2ccccc2)c1. The predicted octanol–water partition coefficient (Wildman–Crippen LogP) is 3.80. The lowest BCUT2D eigenvalue weighted by Gasteiger charge is -2.16. The van der Waals surface area contributed by atoms with Gasteiger partial charge in [-0.15, -0.1) is 10.2 Å². The van der Waals surface area contributed by atoms with E-state index in [-0.39, 0.29) is 5.91 Å². The second kappa shape index (κ2) is 8.91. The molecule has 0 aliphatic carbocycles. The maximum Gasteiger partial charge on any atom is 0.277 e. The standard InChI is InChI=1S/C21H20N6O2S/c1-14-8-9-15(2)17(10-14)24-20(28)19(16-6-4-3-5-7-16)30-21-26-25-18(29-21)11-27-13-22-12-23-27/h3-10,12-13,19H,11H2,1-2H3,(H,24,28). The van der Waals surface area contributed by atoms with Crippen LogP contribution in [0.3, 0.4) is 0 Å². The minimum Gasteiger partial charge on any atom is -0.414 e. The summed E-state index contributed by atoms with van der Waals surface area (Å²) >= 11 is 1.22. The zero-order valence-corrected chi connectivity index (χ0v) is 17.3. The Kier molecular flexibility index (Phi) is 5.89. The zero-order valence-electron chi connectivity index (χ0n) is 16.5. The van der Waals surface area contributed by atoms with Crippen LogP contribution in [0.5, 0.6) is 0 Å². The lowest BCUT2D eigenvalue weighted by Crippen LogP contribution is -2.19. The Labute approximate surface area is 177 Å². The van der Waals surface area contributed by atoms with Gasteiger partial charge in [-0.05, 0) is 48.4 Å². The van der Waals surface area contributed by atoms with Crippen LogP contribution in [0.15, 0.2) is 70.8 Å². The topological polar surface area (TPSA) is 98.7 Å². The number of amides is 1. The number of aromatic nitrogens is 5. The highest BCUT2D eigenvalue weighted by molar-refractivity contribution is 8.00. The van der Waals surface area contributed by atoms with Crippen LogP contribution in [0.25, 0.3) is 0 Å². The van der Waals surface area contributed by atoms with Crippen molar-refractivity contribution in [2.24, 2.45) is 0 Å². The number of nitrogens with one attached hydrogen (secondary N) is 1. The van der Waals surface area contributed by atoms with Crippen LogP contribution in [0.2, 0.25) is 0 Å². The maximum atomic E-state index is 13.2. The highest BCUT2D eigenvalue weighted by atomic mass is 32.2. The van der Waals surface area contributed by atoms with Crippen molar-refractivity contribution in [3.8, 4) is 0 Å². The molecule has 4 rings (SSSR count). The van der Waals surface area contributed by atoms with E-state index in [1.165, 1.54) is 18.1 Å². The highest BCUT2D eigenvalue weighted by Crippen LogP contribution is 2.36. The first-order valence-electron chi connectivity index (χ1n) is 9.33. The summed E-state index contributed by atoms with van der Waals surface area (Å²) in [6.07, 6.45) is 3.01. The summed E-state index contributed by atoms with van der Waals surface area (Å²) < 4.78 is 7.31. The molecule has 2 aromatic carbocycles. The second-order valence-electron chi connectivity index (χ2n) is 6.77. The van der Waals surface area contributed by atoms with Gasteiger partial charge in [-0.25, -0.2) is 9.67 Å². The summed E-state index contributed by atoms with van der Waals surface area (Å²) in [6.45, 7) is 4.28. The molecule has 0 bridgehead atoms. The van der Waals surface area contributed by atoms with Crippen LogP contribution >= 0.6 is 11.8 Å². The third kappa shape index (κ3) is 4.74. The molecule has 0 aliphatic rings.